The van der Waals surface area contributed by atoms with Crippen molar-refractivity contribution in [2.75, 3.05) is 13.2 Å². The molecule has 0 radical (unpaired) electrons. The monoisotopic (exact) mass is 528 g/mol. The molecule has 2 aromatic carbocycles. The number of benzene rings is 2. The van der Waals surface area contributed by atoms with E-state index in [0.717, 1.165) is 11.1 Å². The fraction of sp³-hybridized carbons (Fsp3) is 0.467. The minimum atomic E-state index is -0.992. The van der Waals surface area contributed by atoms with Gasteiger partial charge in [-0.1, -0.05) is 60.7 Å². The van der Waals surface area contributed by atoms with Crippen molar-refractivity contribution in [2.45, 2.75) is 66.3 Å². The smallest absolute Gasteiger partial charge is 0.312 e. The van der Waals surface area contributed by atoms with Gasteiger partial charge < -0.3 is 28.9 Å². The summed E-state index contributed by atoms with van der Waals surface area (Å²) in [6.45, 7) is 9.29. The summed E-state index contributed by atoms with van der Waals surface area (Å²) < 4.78 is 16.2. The van der Waals surface area contributed by atoms with Gasteiger partial charge in [0.05, 0.1) is 38.3 Å². The Labute approximate surface area is 225 Å². The molecule has 0 spiro atoms. The quantitative estimate of drug-likeness (QED) is 0.340. The van der Waals surface area contributed by atoms with Gasteiger partial charge in [-0.15, -0.1) is 0 Å². The van der Waals surface area contributed by atoms with E-state index in [1.165, 1.54) is 13.8 Å². The predicted molar refractivity (Wildman–Crippen MR) is 143 cm³/mol. The van der Waals surface area contributed by atoms with E-state index >= 15 is 0 Å². The standard InChI is InChI=1S/C17H24O4.C13H16O4/c1-13(18)10-15(16(19)21-17(2,3)4)12-20-11-14-8-6-5-7-9-14;1-10(14)7-12(13(15)16)9-17-8-11-5-3-2-4-6-11/h5-9,15H,10-12H2,1-4H3;2-6,12H,7-9H2,1H3,(H,15,16). The van der Waals surface area contributed by atoms with Crippen molar-refractivity contribution in [2.24, 2.45) is 11.8 Å². The maximum Gasteiger partial charge on any atom is 0.312 e. The van der Waals surface area contributed by atoms with Crippen LogP contribution in [0.5, 0.6) is 0 Å². The SMILES string of the molecule is CC(=O)CC(COCc1ccccc1)C(=O)O.CC(=O)CC(COCc1ccccc1)C(=O)OC(C)(C)C. The Balaban J connectivity index is 0.000000389. The van der Waals surface area contributed by atoms with Crippen molar-refractivity contribution in [3.8, 4) is 0 Å². The number of carboxylic acid groups (broad SMARTS) is 1. The average molecular weight is 529 g/mol. The minimum Gasteiger partial charge on any atom is -0.481 e. The Bertz CT molecular complexity index is 996. The Kier molecular flexibility index (Phi) is 14.8. The molecule has 0 aliphatic carbocycles. The highest BCUT2D eigenvalue weighted by Gasteiger charge is 2.26. The summed E-state index contributed by atoms with van der Waals surface area (Å²) in [5, 5.41) is 8.89. The molecule has 0 amide bonds. The topological polar surface area (TPSA) is 116 Å². The van der Waals surface area contributed by atoms with Gasteiger partial charge in [-0.2, -0.15) is 0 Å². The third kappa shape index (κ3) is 15.7. The first kappa shape index (κ1) is 32.7. The number of carbonyl (C=O) groups is 4. The Hall–Kier alpha value is -3.36. The molecule has 0 fully saturated rings. The first-order chi connectivity index (χ1) is 17.9. The molecule has 0 aliphatic heterocycles. The molecule has 208 valence electrons. The number of aliphatic carboxylic acids is 1. The number of esters is 1. The second-order valence-corrected chi connectivity index (χ2v) is 10.1. The lowest BCUT2D eigenvalue weighted by atomic mass is 10.0. The summed E-state index contributed by atoms with van der Waals surface area (Å²) in [5.41, 5.74) is 1.45. The second kappa shape index (κ2) is 17.2. The molecule has 1 N–H and O–H groups in total. The van der Waals surface area contributed by atoms with Gasteiger partial charge in [0.25, 0.3) is 0 Å². The van der Waals surface area contributed by atoms with Crippen LogP contribution in [0.3, 0.4) is 0 Å². The molecule has 8 nitrogen and oxygen atoms in total. The number of hydrogen-bond donors (Lipinski definition) is 1. The summed E-state index contributed by atoms with van der Waals surface area (Å²) >= 11 is 0. The van der Waals surface area contributed by atoms with Crippen molar-refractivity contribution >= 4 is 23.5 Å². The van der Waals surface area contributed by atoms with E-state index in [0.29, 0.717) is 13.2 Å². The fourth-order valence-corrected chi connectivity index (χ4v) is 3.29. The average Bonchev–Trinajstić information content (AvgIpc) is 2.83. The van der Waals surface area contributed by atoms with Crippen LogP contribution in [-0.4, -0.2) is 47.4 Å². The van der Waals surface area contributed by atoms with Crippen LogP contribution in [0.2, 0.25) is 0 Å². The maximum absolute atomic E-state index is 12.1. The van der Waals surface area contributed by atoms with E-state index in [-0.39, 0.29) is 43.6 Å². The number of Topliss-reactive ketones (excluding diaryl/α,β-unsaturated/α-hetero) is 2. The van der Waals surface area contributed by atoms with Crippen LogP contribution in [0.15, 0.2) is 60.7 Å². The Morgan fingerprint density at radius 1 is 0.711 bits per heavy atom. The molecular formula is C30H40O8. The van der Waals surface area contributed by atoms with E-state index in [2.05, 4.69) is 0 Å². The van der Waals surface area contributed by atoms with Crippen molar-refractivity contribution < 1.29 is 38.5 Å². The molecule has 0 saturated heterocycles. The first-order valence-electron chi connectivity index (χ1n) is 12.5. The highest BCUT2D eigenvalue weighted by atomic mass is 16.6. The van der Waals surface area contributed by atoms with Gasteiger partial charge in [0.15, 0.2) is 0 Å². The number of rotatable bonds is 14. The molecule has 0 aliphatic rings. The maximum atomic E-state index is 12.1. The number of carboxylic acids is 1. The van der Waals surface area contributed by atoms with Gasteiger partial charge >= 0.3 is 11.9 Å². The first-order valence-corrected chi connectivity index (χ1v) is 12.5. The molecule has 0 aromatic heterocycles. The minimum absolute atomic E-state index is 0.0180. The van der Waals surface area contributed by atoms with Gasteiger partial charge in [-0.25, -0.2) is 0 Å². The molecule has 0 heterocycles. The number of ketones is 2. The third-order valence-electron chi connectivity index (χ3n) is 5.02. The predicted octanol–water partition coefficient (Wildman–Crippen LogP) is 5.02. The van der Waals surface area contributed by atoms with Crippen LogP contribution in [0.1, 0.15) is 58.6 Å². The third-order valence-corrected chi connectivity index (χ3v) is 5.02. The van der Waals surface area contributed by atoms with Crippen LogP contribution in [0.25, 0.3) is 0 Å². The molecule has 8 heteroatoms. The molecule has 0 bridgehead atoms. The lowest BCUT2D eigenvalue weighted by molar-refractivity contribution is -0.163. The molecule has 2 atom stereocenters. The highest BCUT2D eigenvalue weighted by molar-refractivity contribution is 5.83. The van der Waals surface area contributed by atoms with Gasteiger partial charge in [0, 0.05) is 12.8 Å². The van der Waals surface area contributed by atoms with Crippen LogP contribution in [0.4, 0.5) is 0 Å². The van der Waals surface area contributed by atoms with Gasteiger partial charge in [-0.05, 0) is 45.7 Å². The summed E-state index contributed by atoms with van der Waals surface area (Å²) in [5.74, 6) is -2.87. The summed E-state index contributed by atoms with van der Waals surface area (Å²) in [4.78, 5) is 45.1. The lowest BCUT2D eigenvalue weighted by Gasteiger charge is -2.23. The zero-order valence-corrected chi connectivity index (χ0v) is 23.0. The van der Waals surface area contributed by atoms with Crippen molar-refractivity contribution in [3.05, 3.63) is 71.8 Å². The Morgan fingerprint density at radius 2 is 1.11 bits per heavy atom. The van der Waals surface area contributed by atoms with Gasteiger partial charge in [-0.3, -0.25) is 9.59 Å². The fourth-order valence-electron chi connectivity index (χ4n) is 3.29. The van der Waals surface area contributed by atoms with E-state index in [1.54, 1.807) is 20.8 Å². The van der Waals surface area contributed by atoms with E-state index in [1.807, 2.05) is 60.7 Å². The van der Waals surface area contributed by atoms with Crippen LogP contribution in [0, 0.1) is 11.8 Å². The van der Waals surface area contributed by atoms with Crippen molar-refractivity contribution in [1.29, 1.82) is 0 Å². The normalized spacial score (nSPS) is 12.4. The second-order valence-electron chi connectivity index (χ2n) is 10.1. The number of carbonyl (C=O) groups excluding carboxylic acids is 3. The summed E-state index contributed by atoms with van der Waals surface area (Å²) in [7, 11) is 0. The molecule has 0 saturated carbocycles. The largest absolute Gasteiger partial charge is 0.481 e. The van der Waals surface area contributed by atoms with Crippen molar-refractivity contribution in [1.82, 2.24) is 0 Å². The summed E-state index contributed by atoms with van der Waals surface area (Å²) in [6.07, 6.45) is 0.161. The lowest BCUT2D eigenvalue weighted by Crippen LogP contribution is -2.32. The van der Waals surface area contributed by atoms with Gasteiger partial charge in [0.2, 0.25) is 0 Å². The summed E-state index contributed by atoms with van der Waals surface area (Å²) in [6, 6.07) is 19.2. The zero-order valence-electron chi connectivity index (χ0n) is 23.0. The highest BCUT2D eigenvalue weighted by Crippen LogP contribution is 2.15. The van der Waals surface area contributed by atoms with Gasteiger partial charge in [0.1, 0.15) is 17.2 Å². The molecule has 38 heavy (non-hydrogen) atoms. The Morgan fingerprint density at radius 3 is 1.47 bits per heavy atom. The molecular weight excluding hydrogens is 488 g/mol. The van der Waals surface area contributed by atoms with Crippen molar-refractivity contribution in [3.63, 3.8) is 0 Å². The van der Waals surface area contributed by atoms with E-state index in [4.69, 9.17) is 19.3 Å². The van der Waals surface area contributed by atoms with E-state index in [9.17, 15) is 19.2 Å². The van der Waals surface area contributed by atoms with E-state index < -0.39 is 23.4 Å². The van der Waals surface area contributed by atoms with Crippen LogP contribution in [-0.2, 0) is 46.6 Å². The van der Waals surface area contributed by atoms with Crippen LogP contribution >= 0.6 is 0 Å². The number of ether oxygens (including phenoxy) is 3. The zero-order chi connectivity index (χ0) is 28.6. The molecule has 2 aromatic rings. The molecule has 2 rings (SSSR count). The molecule has 2 unspecified atom stereocenters. The van der Waals surface area contributed by atoms with Crippen LogP contribution < -0.4 is 0 Å². The number of hydrogen-bond acceptors (Lipinski definition) is 7.